The van der Waals surface area contributed by atoms with Crippen LogP contribution in [-0.4, -0.2) is 77.7 Å². The second-order valence-corrected chi connectivity index (χ2v) is 7.75. The number of nitrogens with two attached hydrogens (primary N) is 1. The molecule has 3 rings (SSSR count). The Kier molecular flexibility index (Phi) is 4.28. The molecule has 1 spiro atoms. The molecule has 3 aliphatic rings. The van der Waals surface area contributed by atoms with Gasteiger partial charge in [-0.05, 0) is 13.3 Å². The Labute approximate surface area is 143 Å². The molecule has 7 heteroatoms. The number of nitrogens with zero attached hydrogens (tertiary/aromatic N) is 3. The fourth-order valence-corrected chi connectivity index (χ4v) is 4.30. The van der Waals surface area contributed by atoms with Gasteiger partial charge in [-0.3, -0.25) is 4.90 Å². The molecule has 0 aromatic heterocycles. The molecule has 0 saturated carbocycles. The summed E-state index contributed by atoms with van der Waals surface area (Å²) in [7, 11) is 3.64. The van der Waals surface area contributed by atoms with E-state index in [1.54, 1.807) is 18.1 Å². The molecule has 0 aromatic carbocycles. The van der Waals surface area contributed by atoms with Crippen LogP contribution < -0.4 is 5.73 Å². The van der Waals surface area contributed by atoms with Crippen LogP contribution in [0, 0.1) is 0 Å². The number of likely N-dealkylation sites (N-methyl/N-ethyl adjacent to an activating group) is 2. The summed E-state index contributed by atoms with van der Waals surface area (Å²) in [4.78, 5) is 17.3. The van der Waals surface area contributed by atoms with Crippen molar-refractivity contribution >= 4 is 6.09 Å². The molecule has 3 heterocycles. The van der Waals surface area contributed by atoms with E-state index in [2.05, 4.69) is 18.7 Å². The number of carbonyl (C=O) groups is 1. The highest BCUT2D eigenvalue weighted by atomic mass is 19.1. The van der Waals surface area contributed by atoms with Crippen molar-refractivity contribution in [2.75, 3.05) is 33.7 Å². The van der Waals surface area contributed by atoms with Gasteiger partial charge in [-0.2, -0.15) is 0 Å². The van der Waals surface area contributed by atoms with E-state index in [-0.39, 0.29) is 23.5 Å². The lowest BCUT2D eigenvalue weighted by molar-refractivity contribution is -0.0244. The molecule has 3 aliphatic heterocycles. The Balaban J connectivity index is 1.74. The van der Waals surface area contributed by atoms with Gasteiger partial charge in [0.05, 0.1) is 18.1 Å². The number of piperidine rings is 1. The third kappa shape index (κ3) is 2.58. The smallest absolute Gasteiger partial charge is 0.410 e. The van der Waals surface area contributed by atoms with Crippen LogP contribution in [0.3, 0.4) is 0 Å². The number of halogens is 1. The molecule has 2 fully saturated rings. The topological polar surface area (TPSA) is 62.0 Å². The number of carbonyl (C=O) groups excluding carboxylic acids is 1. The maximum atomic E-state index is 14.7. The molecule has 24 heavy (non-hydrogen) atoms. The van der Waals surface area contributed by atoms with E-state index in [4.69, 9.17) is 10.5 Å². The van der Waals surface area contributed by atoms with Crippen LogP contribution in [0.25, 0.3) is 0 Å². The molecule has 3 unspecified atom stereocenters. The van der Waals surface area contributed by atoms with Crippen molar-refractivity contribution in [2.45, 2.75) is 56.3 Å². The number of hydrogen-bond donors (Lipinski definition) is 1. The molecule has 1 amide bonds. The van der Waals surface area contributed by atoms with E-state index >= 15 is 0 Å². The van der Waals surface area contributed by atoms with Gasteiger partial charge >= 0.3 is 6.09 Å². The van der Waals surface area contributed by atoms with Crippen LogP contribution in [0.2, 0.25) is 0 Å². The first kappa shape index (κ1) is 17.5. The summed E-state index contributed by atoms with van der Waals surface area (Å²) >= 11 is 0. The molecular formula is C17H29FN4O2. The van der Waals surface area contributed by atoms with Gasteiger partial charge in [0.2, 0.25) is 0 Å². The van der Waals surface area contributed by atoms with Crippen LogP contribution in [0.4, 0.5) is 9.18 Å². The van der Waals surface area contributed by atoms with E-state index in [9.17, 15) is 9.18 Å². The van der Waals surface area contributed by atoms with Gasteiger partial charge in [-0.15, -0.1) is 0 Å². The third-order valence-corrected chi connectivity index (χ3v) is 6.42. The van der Waals surface area contributed by atoms with Crippen molar-refractivity contribution in [1.82, 2.24) is 14.7 Å². The van der Waals surface area contributed by atoms with Crippen molar-refractivity contribution in [3.8, 4) is 0 Å². The van der Waals surface area contributed by atoms with E-state index in [1.807, 2.05) is 11.9 Å². The standard InChI is InChI=1S/C17H29FN4O2/c1-5-16(2)14(19)13(12(18)10-21(16)4)22-8-6-17(7-9-22)11-20(3)15(23)24-17/h10,13-14H,5-9,11,19H2,1-4H3. The Morgan fingerprint density at radius 1 is 1.38 bits per heavy atom. The average molecular weight is 340 g/mol. The van der Waals surface area contributed by atoms with Crippen LogP contribution in [0.5, 0.6) is 0 Å². The molecule has 2 N–H and O–H groups in total. The number of ether oxygens (including phenoxy) is 1. The van der Waals surface area contributed by atoms with Gasteiger partial charge in [0.15, 0.2) is 0 Å². The highest BCUT2D eigenvalue weighted by molar-refractivity contribution is 5.70. The fourth-order valence-electron chi connectivity index (χ4n) is 4.30. The minimum absolute atomic E-state index is 0.174. The third-order valence-electron chi connectivity index (χ3n) is 6.42. The number of likely N-dealkylation sites (tertiary alicyclic amines) is 1. The van der Waals surface area contributed by atoms with Crippen molar-refractivity contribution in [2.24, 2.45) is 5.73 Å². The first-order chi connectivity index (χ1) is 11.2. The lowest BCUT2D eigenvalue weighted by Gasteiger charge is -2.52. The van der Waals surface area contributed by atoms with Gasteiger partial charge in [-0.25, -0.2) is 9.18 Å². The number of rotatable bonds is 2. The largest absolute Gasteiger partial charge is 0.441 e. The van der Waals surface area contributed by atoms with E-state index < -0.39 is 11.6 Å². The normalized spacial score (nSPS) is 36.9. The highest BCUT2D eigenvalue weighted by Gasteiger charge is 2.50. The minimum atomic E-state index is -0.411. The maximum absolute atomic E-state index is 14.7. The van der Waals surface area contributed by atoms with Crippen LogP contribution >= 0.6 is 0 Å². The Morgan fingerprint density at radius 2 is 2.00 bits per heavy atom. The zero-order chi connectivity index (χ0) is 17.7. The summed E-state index contributed by atoms with van der Waals surface area (Å²) < 4.78 is 20.3. The summed E-state index contributed by atoms with van der Waals surface area (Å²) in [5.74, 6) is -0.174. The highest BCUT2D eigenvalue weighted by Crippen LogP contribution is 2.38. The molecule has 0 aliphatic carbocycles. The first-order valence-electron chi connectivity index (χ1n) is 8.76. The molecule has 6 nitrogen and oxygen atoms in total. The molecular weight excluding hydrogens is 311 g/mol. The Bertz CT molecular complexity index is 547. The second-order valence-electron chi connectivity index (χ2n) is 7.75. The van der Waals surface area contributed by atoms with Gasteiger partial charge in [0.1, 0.15) is 11.4 Å². The zero-order valence-electron chi connectivity index (χ0n) is 15.1. The van der Waals surface area contributed by atoms with Crippen molar-refractivity contribution in [1.29, 1.82) is 0 Å². The van der Waals surface area contributed by atoms with Crippen molar-refractivity contribution in [3.05, 3.63) is 12.0 Å². The van der Waals surface area contributed by atoms with Crippen LogP contribution in [-0.2, 0) is 4.74 Å². The van der Waals surface area contributed by atoms with Crippen LogP contribution in [0.1, 0.15) is 33.1 Å². The van der Waals surface area contributed by atoms with Gasteiger partial charge in [0.25, 0.3) is 0 Å². The van der Waals surface area contributed by atoms with Crippen molar-refractivity contribution in [3.63, 3.8) is 0 Å². The van der Waals surface area contributed by atoms with E-state index in [1.165, 1.54) is 0 Å². The predicted octanol–water partition coefficient (Wildman–Crippen LogP) is 1.52. The monoisotopic (exact) mass is 340 g/mol. The summed E-state index contributed by atoms with van der Waals surface area (Å²) in [5, 5.41) is 0. The predicted molar refractivity (Wildman–Crippen MR) is 90.1 cm³/mol. The fraction of sp³-hybridized carbons (Fsp3) is 0.824. The molecule has 3 atom stereocenters. The molecule has 0 radical (unpaired) electrons. The molecule has 0 bridgehead atoms. The average Bonchev–Trinajstić information content (AvgIpc) is 2.81. The molecule has 136 valence electrons. The summed E-state index contributed by atoms with van der Waals surface area (Å²) in [6.07, 6.45) is 3.62. The quantitative estimate of drug-likeness (QED) is 0.826. The first-order valence-corrected chi connectivity index (χ1v) is 8.76. The summed E-state index contributed by atoms with van der Waals surface area (Å²) in [5.41, 5.74) is 5.83. The lowest BCUT2D eigenvalue weighted by Crippen LogP contribution is -2.67. The second kappa shape index (κ2) is 5.88. The van der Waals surface area contributed by atoms with Crippen molar-refractivity contribution < 1.29 is 13.9 Å². The summed E-state index contributed by atoms with van der Waals surface area (Å²) in [6, 6.07) is -0.710. The molecule has 2 saturated heterocycles. The minimum Gasteiger partial charge on any atom is -0.441 e. The lowest BCUT2D eigenvalue weighted by atomic mass is 9.79. The van der Waals surface area contributed by atoms with Crippen LogP contribution in [0.15, 0.2) is 12.0 Å². The number of hydrogen-bond acceptors (Lipinski definition) is 5. The summed E-state index contributed by atoms with van der Waals surface area (Å²) in [6.45, 7) is 6.16. The van der Waals surface area contributed by atoms with Gasteiger partial charge in [0, 0.05) is 52.3 Å². The maximum Gasteiger partial charge on any atom is 0.410 e. The SMILES string of the molecule is CCC1(C)C(N)C(N2CCC3(CC2)CN(C)C(=O)O3)C(F)=CN1C. The zero-order valence-corrected chi connectivity index (χ0v) is 15.1. The Morgan fingerprint density at radius 3 is 2.50 bits per heavy atom. The number of amides is 1. The van der Waals surface area contributed by atoms with E-state index in [0.29, 0.717) is 19.6 Å². The Hall–Kier alpha value is -1.34. The van der Waals surface area contributed by atoms with Gasteiger partial charge in [-0.1, -0.05) is 6.92 Å². The van der Waals surface area contributed by atoms with Gasteiger partial charge < -0.3 is 20.3 Å². The van der Waals surface area contributed by atoms with E-state index in [0.717, 1.165) is 19.3 Å². The molecule has 0 aromatic rings.